The number of rotatable bonds is 2. The maximum absolute atomic E-state index is 13.5. The molecule has 1 aromatic carbocycles. The molecule has 1 N–H and O–H groups in total. The van der Waals surface area contributed by atoms with Gasteiger partial charge in [-0.2, -0.15) is 10.2 Å². The minimum absolute atomic E-state index is 0.0277. The summed E-state index contributed by atoms with van der Waals surface area (Å²) in [5.41, 5.74) is 3.21. The molecule has 1 aliphatic carbocycles. The Bertz CT molecular complexity index is 851. The third kappa shape index (κ3) is 3.59. The van der Waals surface area contributed by atoms with Crippen LogP contribution in [0.4, 0.5) is 9.18 Å². The van der Waals surface area contributed by atoms with Gasteiger partial charge in [0.1, 0.15) is 5.82 Å². The molecule has 0 fully saturated rings. The fourth-order valence-corrected chi connectivity index (χ4v) is 3.48. The Hall–Kier alpha value is -2.76. The molecule has 1 aromatic heterocycles. The lowest BCUT2D eigenvalue weighted by Gasteiger charge is -2.30. The maximum Gasteiger partial charge on any atom is 0.317 e. The highest BCUT2D eigenvalue weighted by molar-refractivity contribution is 5.75. The van der Waals surface area contributed by atoms with Gasteiger partial charge in [-0.15, -0.1) is 0 Å². The zero-order valence-corrected chi connectivity index (χ0v) is 14.5. The van der Waals surface area contributed by atoms with E-state index < -0.39 is 0 Å². The fourth-order valence-electron chi connectivity index (χ4n) is 3.48. The Balaban J connectivity index is 1.49. The number of aromatic nitrogens is 2. The first-order chi connectivity index (χ1) is 12.7. The molecule has 6 heteroatoms. The van der Waals surface area contributed by atoms with Crippen molar-refractivity contribution in [3.8, 4) is 11.3 Å². The van der Waals surface area contributed by atoms with Gasteiger partial charge in [0, 0.05) is 31.1 Å². The van der Waals surface area contributed by atoms with E-state index in [1.165, 1.54) is 12.1 Å². The topological polar surface area (TPSA) is 58.1 Å². The third-order valence-electron chi connectivity index (χ3n) is 4.94. The molecule has 5 nitrogen and oxygen atoms in total. The first-order valence-corrected chi connectivity index (χ1v) is 9.01. The number of hydrogen-bond donors (Lipinski definition) is 1. The van der Waals surface area contributed by atoms with Gasteiger partial charge in [0.2, 0.25) is 0 Å². The highest BCUT2D eigenvalue weighted by Crippen LogP contribution is 2.23. The van der Waals surface area contributed by atoms with Gasteiger partial charge < -0.3 is 10.2 Å². The van der Waals surface area contributed by atoms with Crippen LogP contribution in [0.15, 0.2) is 42.5 Å². The van der Waals surface area contributed by atoms with Gasteiger partial charge in [-0.1, -0.05) is 24.3 Å². The van der Waals surface area contributed by atoms with Gasteiger partial charge in [0.15, 0.2) is 0 Å². The molecule has 2 heterocycles. The van der Waals surface area contributed by atoms with Crippen molar-refractivity contribution in [2.45, 2.75) is 38.3 Å². The lowest BCUT2D eigenvalue weighted by Crippen LogP contribution is -2.47. The van der Waals surface area contributed by atoms with Crippen molar-refractivity contribution in [3.63, 3.8) is 0 Å². The van der Waals surface area contributed by atoms with Crippen LogP contribution in [0.5, 0.6) is 0 Å². The second-order valence-electron chi connectivity index (χ2n) is 6.81. The lowest BCUT2D eigenvalue weighted by atomic mass is 10.0. The standard InChI is InChI=1S/C20H21FN4O/c21-16-6-4-5-14(11-16)19-12-15-13-25(10-9-18(15)23-24-19)20(26)22-17-7-2-1-3-8-17/h1-2,4-6,11-12,17H,3,7-10,13H2,(H,22,26). The zero-order chi connectivity index (χ0) is 17.9. The van der Waals surface area contributed by atoms with Gasteiger partial charge >= 0.3 is 6.03 Å². The van der Waals surface area contributed by atoms with Crippen molar-refractivity contribution in [2.24, 2.45) is 0 Å². The summed E-state index contributed by atoms with van der Waals surface area (Å²) in [6.45, 7) is 1.14. The molecule has 2 amide bonds. The number of nitrogens with zero attached hydrogens (tertiary/aromatic N) is 3. The summed E-state index contributed by atoms with van der Waals surface area (Å²) in [6, 6.07) is 8.42. The van der Waals surface area contributed by atoms with Gasteiger partial charge in [0.05, 0.1) is 11.4 Å². The summed E-state index contributed by atoms with van der Waals surface area (Å²) in [5, 5.41) is 11.6. The number of allylic oxidation sites excluding steroid dienone is 1. The van der Waals surface area contributed by atoms with Crippen LogP contribution in [0.3, 0.4) is 0 Å². The summed E-state index contributed by atoms with van der Waals surface area (Å²) in [5.74, 6) is -0.301. The number of halogens is 1. The number of hydrogen-bond acceptors (Lipinski definition) is 3. The summed E-state index contributed by atoms with van der Waals surface area (Å²) in [4.78, 5) is 14.4. The molecule has 2 aliphatic rings. The SMILES string of the molecule is O=C(NC1CC=CCC1)N1CCc2nnc(-c3cccc(F)c3)cc2C1. The zero-order valence-electron chi connectivity index (χ0n) is 14.5. The predicted molar refractivity (Wildman–Crippen MR) is 96.9 cm³/mol. The average molecular weight is 352 g/mol. The van der Waals surface area contributed by atoms with Gasteiger partial charge in [0.25, 0.3) is 0 Å². The first kappa shape index (κ1) is 16.7. The maximum atomic E-state index is 13.5. The van der Waals surface area contributed by atoms with Gasteiger partial charge in [-0.25, -0.2) is 9.18 Å². The van der Waals surface area contributed by atoms with Crippen LogP contribution < -0.4 is 5.32 Å². The summed E-state index contributed by atoms with van der Waals surface area (Å²) < 4.78 is 13.5. The second kappa shape index (κ2) is 7.23. The molecule has 0 saturated carbocycles. The van der Waals surface area contributed by atoms with E-state index in [0.717, 1.165) is 30.5 Å². The van der Waals surface area contributed by atoms with E-state index in [2.05, 4.69) is 27.7 Å². The van der Waals surface area contributed by atoms with E-state index >= 15 is 0 Å². The molecule has 0 radical (unpaired) electrons. The number of amides is 2. The Morgan fingerprint density at radius 2 is 2.15 bits per heavy atom. The van der Waals surface area contributed by atoms with Crippen molar-refractivity contribution in [3.05, 3.63) is 59.6 Å². The van der Waals surface area contributed by atoms with Gasteiger partial charge in [-0.3, -0.25) is 0 Å². The quantitative estimate of drug-likeness (QED) is 0.842. The normalized spacial score (nSPS) is 19.1. The van der Waals surface area contributed by atoms with E-state index in [4.69, 9.17) is 0 Å². The molecular weight excluding hydrogens is 331 g/mol. The second-order valence-corrected chi connectivity index (χ2v) is 6.81. The largest absolute Gasteiger partial charge is 0.335 e. The van der Waals surface area contributed by atoms with Crippen molar-refractivity contribution in [2.75, 3.05) is 6.54 Å². The van der Waals surface area contributed by atoms with Crippen molar-refractivity contribution in [1.82, 2.24) is 20.4 Å². The number of fused-ring (bicyclic) bond motifs is 1. The predicted octanol–water partition coefficient (Wildman–Crippen LogP) is 3.46. The summed E-state index contributed by atoms with van der Waals surface area (Å²) in [7, 11) is 0. The molecule has 0 bridgehead atoms. The van der Waals surface area contributed by atoms with Crippen LogP contribution in [0.25, 0.3) is 11.3 Å². The Morgan fingerprint density at radius 3 is 2.96 bits per heavy atom. The Kier molecular flexibility index (Phi) is 4.65. The molecule has 1 unspecified atom stereocenters. The van der Waals surface area contributed by atoms with Crippen LogP contribution in [-0.2, 0) is 13.0 Å². The van der Waals surface area contributed by atoms with Crippen molar-refractivity contribution >= 4 is 6.03 Å². The minimum Gasteiger partial charge on any atom is -0.335 e. The summed E-state index contributed by atoms with van der Waals surface area (Å²) in [6.07, 6.45) is 7.87. The summed E-state index contributed by atoms with van der Waals surface area (Å²) >= 11 is 0. The highest BCUT2D eigenvalue weighted by Gasteiger charge is 2.24. The fraction of sp³-hybridized carbons (Fsp3) is 0.350. The van der Waals surface area contributed by atoms with E-state index in [1.54, 1.807) is 6.07 Å². The molecule has 134 valence electrons. The Morgan fingerprint density at radius 1 is 1.23 bits per heavy atom. The molecule has 1 aliphatic heterocycles. The Labute approximate surface area is 151 Å². The molecule has 1 atom stereocenters. The molecule has 0 saturated heterocycles. The van der Waals surface area contributed by atoms with Gasteiger partial charge in [-0.05, 0) is 43.0 Å². The number of benzene rings is 1. The molecule has 0 spiro atoms. The highest BCUT2D eigenvalue weighted by atomic mass is 19.1. The molecule has 2 aromatic rings. The van der Waals surface area contributed by atoms with E-state index in [9.17, 15) is 9.18 Å². The molecular formula is C20H21FN4O. The van der Waals surface area contributed by atoms with Crippen molar-refractivity contribution < 1.29 is 9.18 Å². The van der Waals surface area contributed by atoms with E-state index in [-0.39, 0.29) is 17.9 Å². The van der Waals surface area contributed by atoms with Crippen molar-refractivity contribution in [1.29, 1.82) is 0 Å². The van der Waals surface area contributed by atoms with Crippen LogP contribution >= 0.6 is 0 Å². The third-order valence-corrected chi connectivity index (χ3v) is 4.94. The smallest absolute Gasteiger partial charge is 0.317 e. The number of nitrogens with one attached hydrogen (secondary N) is 1. The number of carbonyl (C=O) groups is 1. The first-order valence-electron chi connectivity index (χ1n) is 9.01. The van der Waals surface area contributed by atoms with E-state index in [1.807, 2.05) is 17.0 Å². The monoisotopic (exact) mass is 352 g/mol. The lowest BCUT2D eigenvalue weighted by molar-refractivity contribution is 0.186. The minimum atomic E-state index is -0.301. The van der Waals surface area contributed by atoms with Crippen LogP contribution in [0.2, 0.25) is 0 Å². The molecule has 26 heavy (non-hydrogen) atoms. The number of carbonyl (C=O) groups excluding carboxylic acids is 1. The van der Waals surface area contributed by atoms with Crippen LogP contribution in [-0.4, -0.2) is 33.7 Å². The van der Waals surface area contributed by atoms with E-state index in [0.29, 0.717) is 30.8 Å². The number of urea groups is 1. The van der Waals surface area contributed by atoms with Crippen LogP contribution in [0, 0.1) is 5.82 Å². The average Bonchev–Trinajstić information content (AvgIpc) is 2.68. The van der Waals surface area contributed by atoms with Crippen LogP contribution in [0.1, 0.15) is 30.5 Å². The molecule has 4 rings (SSSR count).